The summed E-state index contributed by atoms with van der Waals surface area (Å²) >= 11 is 0. The Morgan fingerprint density at radius 3 is 2.71 bits per heavy atom. The lowest BCUT2D eigenvalue weighted by Gasteiger charge is -2.10. The second-order valence-corrected chi connectivity index (χ2v) is 4.71. The maximum Gasteiger partial charge on any atom is 0.339 e. The fourth-order valence-electron chi connectivity index (χ4n) is 2.18. The van der Waals surface area contributed by atoms with Crippen LogP contribution in [0.3, 0.4) is 0 Å². The van der Waals surface area contributed by atoms with Gasteiger partial charge >= 0.3 is 5.97 Å². The molecule has 1 N–H and O–H groups in total. The third-order valence-corrected chi connectivity index (χ3v) is 3.32. The zero-order valence-electron chi connectivity index (χ0n) is 12.4. The Hall–Kier alpha value is -2.30. The Bertz CT molecular complexity index is 620. The molecule has 0 unspecified atom stereocenters. The van der Waals surface area contributed by atoms with Crippen molar-refractivity contribution in [3.05, 3.63) is 47.3 Å². The predicted molar refractivity (Wildman–Crippen MR) is 79.9 cm³/mol. The average molecular weight is 288 g/mol. The normalized spacial score (nSPS) is 10.6. The SMILES string of the molecule is CCc1cc(CC)n(CCOc2ccccc2C(=O)O)n1. The maximum absolute atomic E-state index is 11.1. The van der Waals surface area contributed by atoms with Gasteiger partial charge in [0.05, 0.1) is 12.2 Å². The van der Waals surface area contributed by atoms with Gasteiger partial charge in [0, 0.05) is 5.69 Å². The quantitative estimate of drug-likeness (QED) is 0.851. The first-order chi connectivity index (χ1) is 10.2. The molecule has 1 aromatic carbocycles. The van der Waals surface area contributed by atoms with Crippen LogP contribution < -0.4 is 4.74 Å². The standard InChI is InChI=1S/C16H20N2O3/c1-3-12-11-13(4-2)18(17-12)9-10-21-15-8-6-5-7-14(15)16(19)20/h5-8,11H,3-4,9-10H2,1-2H3,(H,19,20). The molecular formula is C16H20N2O3. The number of ether oxygens (including phenoxy) is 1. The van der Waals surface area contributed by atoms with E-state index in [0.29, 0.717) is 18.9 Å². The van der Waals surface area contributed by atoms with E-state index < -0.39 is 5.97 Å². The zero-order valence-corrected chi connectivity index (χ0v) is 12.4. The number of aryl methyl sites for hydroxylation is 2. The van der Waals surface area contributed by atoms with E-state index in [2.05, 4.69) is 25.0 Å². The number of carboxylic acid groups (broad SMARTS) is 1. The summed E-state index contributed by atoms with van der Waals surface area (Å²) in [7, 11) is 0. The van der Waals surface area contributed by atoms with E-state index in [1.807, 2.05) is 4.68 Å². The molecule has 0 bridgehead atoms. The lowest BCUT2D eigenvalue weighted by atomic mass is 10.2. The van der Waals surface area contributed by atoms with E-state index in [4.69, 9.17) is 9.84 Å². The molecule has 0 atom stereocenters. The minimum Gasteiger partial charge on any atom is -0.491 e. The number of nitrogens with zero attached hydrogens (tertiary/aromatic N) is 2. The highest BCUT2D eigenvalue weighted by Gasteiger charge is 2.10. The van der Waals surface area contributed by atoms with Gasteiger partial charge in [0.25, 0.3) is 0 Å². The summed E-state index contributed by atoms with van der Waals surface area (Å²) in [5.74, 6) is -0.585. The first kappa shape index (κ1) is 15.1. The summed E-state index contributed by atoms with van der Waals surface area (Å²) < 4.78 is 7.54. The van der Waals surface area contributed by atoms with Crippen LogP contribution in [-0.4, -0.2) is 27.5 Å². The van der Waals surface area contributed by atoms with Crippen LogP contribution in [0, 0.1) is 0 Å². The molecule has 0 spiro atoms. The number of hydrogen-bond donors (Lipinski definition) is 1. The Morgan fingerprint density at radius 1 is 1.29 bits per heavy atom. The molecule has 0 aliphatic rings. The highest BCUT2D eigenvalue weighted by molar-refractivity contribution is 5.90. The Balaban J connectivity index is 2.02. The molecule has 0 saturated heterocycles. The third kappa shape index (κ3) is 3.62. The highest BCUT2D eigenvalue weighted by Crippen LogP contribution is 2.17. The Morgan fingerprint density at radius 2 is 2.05 bits per heavy atom. The number of carboxylic acids is 1. The number of aromatic nitrogens is 2. The van der Waals surface area contributed by atoms with Gasteiger partial charge in [0.1, 0.15) is 17.9 Å². The third-order valence-electron chi connectivity index (χ3n) is 3.32. The van der Waals surface area contributed by atoms with Crippen LogP contribution in [0.5, 0.6) is 5.75 Å². The van der Waals surface area contributed by atoms with Gasteiger partial charge in [-0.25, -0.2) is 4.79 Å². The van der Waals surface area contributed by atoms with Gasteiger partial charge in [0.2, 0.25) is 0 Å². The Kier molecular flexibility index (Phi) is 4.98. The summed E-state index contributed by atoms with van der Waals surface area (Å²) in [4.78, 5) is 11.1. The molecule has 21 heavy (non-hydrogen) atoms. The second kappa shape index (κ2) is 6.92. The lowest BCUT2D eigenvalue weighted by molar-refractivity contribution is 0.0692. The molecular weight excluding hydrogens is 268 g/mol. The number of para-hydroxylation sites is 1. The van der Waals surface area contributed by atoms with E-state index in [1.54, 1.807) is 18.2 Å². The van der Waals surface area contributed by atoms with Crippen molar-refractivity contribution in [2.45, 2.75) is 33.2 Å². The van der Waals surface area contributed by atoms with Crippen LogP contribution in [0.4, 0.5) is 0 Å². The van der Waals surface area contributed by atoms with Crippen molar-refractivity contribution >= 4 is 5.97 Å². The van der Waals surface area contributed by atoms with Gasteiger partial charge in [-0.1, -0.05) is 26.0 Å². The van der Waals surface area contributed by atoms with Crippen LogP contribution in [0.25, 0.3) is 0 Å². The van der Waals surface area contributed by atoms with E-state index in [1.165, 1.54) is 11.8 Å². The smallest absolute Gasteiger partial charge is 0.339 e. The van der Waals surface area contributed by atoms with Gasteiger partial charge in [-0.05, 0) is 31.0 Å². The molecule has 5 nitrogen and oxygen atoms in total. The summed E-state index contributed by atoms with van der Waals surface area (Å²) in [6.45, 7) is 5.17. The first-order valence-electron chi connectivity index (χ1n) is 7.16. The first-order valence-corrected chi connectivity index (χ1v) is 7.16. The van der Waals surface area contributed by atoms with Crippen molar-refractivity contribution in [1.82, 2.24) is 9.78 Å². The van der Waals surface area contributed by atoms with Crippen molar-refractivity contribution in [2.24, 2.45) is 0 Å². The fourth-order valence-corrected chi connectivity index (χ4v) is 2.18. The molecule has 1 aromatic heterocycles. The molecule has 0 amide bonds. The number of carbonyl (C=O) groups is 1. The topological polar surface area (TPSA) is 64.3 Å². The molecule has 0 fully saturated rings. The minimum absolute atomic E-state index is 0.183. The Labute approximate surface area is 124 Å². The maximum atomic E-state index is 11.1. The fraction of sp³-hybridized carbons (Fsp3) is 0.375. The second-order valence-electron chi connectivity index (χ2n) is 4.71. The van der Waals surface area contributed by atoms with Gasteiger partial charge in [-0.3, -0.25) is 4.68 Å². The zero-order chi connectivity index (χ0) is 15.2. The molecule has 0 radical (unpaired) electrons. The summed E-state index contributed by atoms with van der Waals surface area (Å²) in [5, 5.41) is 13.6. The summed E-state index contributed by atoms with van der Waals surface area (Å²) in [6, 6.07) is 8.77. The van der Waals surface area contributed by atoms with Gasteiger partial charge in [-0.15, -0.1) is 0 Å². The molecule has 1 heterocycles. The summed E-state index contributed by atoms with van der Waals surface area (Å²) in [6.07, 6.45) is 1.82. The minimum atomic E-state index is -0.979. The van der Waals surface area contributed by atoms with Crippen molar-refractivity contribution in [2.75, 3.05) is 6.61 Å². The highest BCUT2D eigenvalue weighted by atomic mass is 16.5. The van der Waals surface area contributed by atoms with Crippen molar-refractivity contribution in [3.8, 4) is 5.75 Å². The molecule has 112 valence electrons. The molecule has 0 aliphatic heterocycles. The molecule has 2 rings (SSSR count). The summed E-state index contributed by atoms with van der Waals surface area (Å²) in [5.41, 5.74) is 2.42. The number of benzene rings is 1. The van der Waals surface area contributed by atoms with Crippen LogP contribution >= 0.6 is 0 Å². The average Bonchev–Trinajstić information content (AvgIpc) is 2.90. The van der Waals surface area contributed by atoms with Crippen molar-refractivity contribution < 1.29 is 14.6 Å². The number of aromatic carboxylic acids is 1. The van der Waals surface area contributed by atoms with Crippen molar-refractivity contribution in [3.63, 3.8) is 0 Å². The van der Waals surface area contributed by atoms with E-state index >= 15 is 0 Å². The largest absolute Gasteiger partial charge is 0.491 e. The van der Waals surface area contributed by atoms with Gasteiger partial charge < -0.3 is 9.84 Å². The van der Waals surface area contributed by atoms with Crippen LogP contribution in [0.15, 0.2) is 30.3 Å². The molecule has 2 aromatic rings. The van der Waals surface area contributed by atoms with E-state index in [9.17, 15) is 4.79 Å². The van der Waals surface area contributed by atoms with E-state index in [0.717, 1.165) is 18.5 Å². The van der Waals surface area contributed by atoms with Gasteiger partial charge in [-0.2, -0.15) is 5.10 Å². The van der Waals surface area contributed by atoms with Crippen LogP contribution in [0.2, 0.25) is 0 Å². The van der Waals surface area contributed by atoms with E-state index in [-0.39, 0.29) is 5.56 Å². The van der Waals surface area contributed by atoms with Crippen LogP contribution in [0.1, 0.15) is 35.6 Å². The van der Waals surface area contributed by atoms with Gasteiger partial charge in [0.15, 0.2) is 0 Å². The number of rotatable bonds is 7. The predicted octanol–water partition coefficient (Wildman–Crippen LogP) is 2.79. The molecule has 0 aliphatic carbocycles. The lowest BCUT2D eigenvalue weighted by Crippen LogP contribution is -2.13. The molecule has 0 saturated carbocycles. The van der Waals surface area contributed by atoms with Crippen molar-refractivity contribution in [1.29, 1.82) is 0 Å². The monoisotopic (exact) mass is 288 g/mol. The van der Waals surface area contributed by atoms with Crippen LogP contribution in [-0.2, 0) is 19.4 Å². The number of hydrogen-bond acceptors (Lipinski definition) is 3. The molecule has 5 heteroatoms.